The Morgan fingerprint density at radius 3 is 2.65 bits per heavy atom. The molecule has 4 nitrogen and oxygen atoms in total. The Kier molecular flexibility index (Phi) is 3.35. The van der Waals surface area contributed by atoms with Gasteiger partial charge < -0.3 is 4.90 Å². The van der Waals surface area contributed by atoms with E-state index in [0.717, 1.165) is 19.3 Å². The minimum absolute atomic E-state index is 0.0244. The summed E-state index contributed by atoms with van der Waals surface area (Å²) < 4.78 is 13.2. The van der Waals surface area contributed by atoms with Crippen molar-refractivity contribution < 1.29 is 14.0 Å². The standard InChI is InChI=1S/C12H19FN2O2/c1-3-5-9(4-2)15-11(16)10-6-8(13)7-14(10)12(15)17/h8-10H,3-7H2,1-2H3/t8-,9?,10+/m0/s1. The summed E-state index contributed by atoms with van der Waals surface area (Å²) >= 11 is 0. The molecule has 2 rings (SSSR count). The number of fused-ring (bicyclic) bond motifs is 1. The molecule has 0 aromatic carbocycles. The highest BCUT2D eigenvalue weighted by molar-refractivity contribution is 6.05. The van der Waals surface area contributed by atoms with Crippen LogP contribution in [-0.2, 0) is 4.79 Å². The van der Waals surface area contributed by atoms with Crippen molar-refractivity contribution in [2.75, 3.05) is 6.54 Å². The van der Waals surface area contributed by atoms with Gasteiger partial charge in [-0.3, -0.25) is 9.69 Å². The van der Waals surface area contributed by atoms with E-state index in [2.05, 4.69) is 0 Å². The Bertz CT molecular complexity index is 310. The van der Waals surface area contributed by atoms with Crippen LogP contribution in [-0.4, -0.2) is 46.5 Å². The second kappa shape index (κ2) is 4.63. The van der Waals surface area contributed by atoms with Crippen LogP contribution in [0.15, 0.2) is 0 Å². The van der Waals surface area contributed by atoms with Gasteiger partial charge in [-0.25, -0.2) is 9.18 Å². The fraction of sp³-hybridized carbons (Fsp3) is 0.833. The van der Waals surface area contributed by atoms with Crippen LogP contribution >= 0.6 is 0 Å². The maximum Gasteiger partial charge on any atom is 0.327 e. The van der Waals surface area contributed by atoms with Gasteiger partial charge in [0, 0.05) is 12.5 Å². The van der Waals surface area contributed by atoms with Gasteiger partial charge in [-0.2, -0.15) is 0 Å². The van der Waals surface area contributed by atoms with E-state index in [1.807, 2.05) is 13.8 Å². The molecule has 2 saturated heterocycles. The molecule has 2 aliphatic rings. The molecule has 0 aromatic rings. The monoisotopic (exact) mass is 242 g/mol. The van der Waals surface area contributed by atoms with Crippen LogP contribution in [0.5, 0.6) is 0 Å². The van der Waals surface area contributed by atoms with Crippen LogP contribution in [0.25, 0.3) is 0 Å². The molecule has 0 saturated carbocycles. The number of hydrogen-bond acceptors (Lipinski definition) is 2. The highest BCUT2D eigenvalue weighted by Crippen LogP contribution is 2.31. The zero-order chi connectivity index (χ0) is 12.6. The summed E-state index contributed by atoms with van der Waals surface area (Å²) in [4.78, 5) is 27.0. The second-order valence-corrected chi connectivity index (χ2v) is 4.84. The summed E-state index contributed by atoms with van der Waals surface area (Å²) in [5, 5.41) is 0. The van der Waals surface area contributed by atoms with Crippen LogP contribution in [0.1, 0.15) is 39.5 Å². The number of imide groups is 1. The SMILES string of the molecule is CCCC(CC)N1C(=O)[C@H]2C[C@H](F)CN2C1=O. The third-order valence-electron chi connectivity index (χ3n) is 3.68. The highest BCUT2D eigenvalue weighted by Gasteiger charge is 2.52. The normalized spacial score (nSPS) is 30.1. The predicted octanol–water partition coefficient (Wildman–Crippen LogP) is 1.94. The molecule has 0 aliphatic carbocycles. The maximum absolute atomic E-state index is 13.2. The van der Waals surface area contributed by atoms with Crippen molar-refractivity contribution >= 4 is 11.9 Å². The first-order valence-electron chi connectivity index (χ1n) is 6.37. The molecule has 0 aromatic heterocycles. The number of hydrogen-bond donors (Lipinski definition) is 0. The summed E-state index contributed by atoms with van der Waals surface area (Å²) in [5.41, 5.74) is 0. The third kappa shape index (κ3) is 1.91. The van der Waals surface area contributed by atoms with Crippen molar-refractivity contribution in [1.29, 1.82) is 0 Å². The predicted molar refractivity (Wildman–Crippen MR) is 61.2 cm³/mol. The molecule has 0 spiro atoms. The molecule has 96 valence electrons. The van der Waals surface area contributed by atoms with Gasteiger partial charge in [0.1, 0.15) is 12.2 Å². The van der Waals surface area contributed by atoms with Crippen molar-refractivity contribution in [3.05, 3.63) is 0 Å². The van der Waals surface area contributed by atoms with E-state index < -0.39 is 12.2 Å². The van der Waals surface area contributed by atoms with Crippen LogP contribution in [0, 0.1) is 0 Å². The molecular weight excluding hydrogens is 223 g/mol. The Morgan fingerprint density at radius 2 is 2.12 bits per heavy atom. The fourth-order valence-corrected chi connectivity index (χ4v) is 2.81. The Morgan fingerprint density at radius 1 is 1.41 bits per heavy atom. The van der Waals surface area contributed by atoms with Crippen molar-refractivity contribution in [3.8, 4) is 0 Å². The van der Waals surface area contributed by atoms with Gasteiger partial charge >= 0.3 is 6.03 Å². The number of halogens is 1. The molecule has 5 heteroatoms. The van der Waals surface area contributed by atoms with Crippen molar-refractivity contribution in [2.24, 2.45) is 0 Å². The van der Waals surface area contributed by atoms with Crippen molar-refractivity contribution in [1.82, 2.24) is 9.80 Å². The highest BCUT2D eigenvalue weighted by atomic mass is 19.1. The van der Waals surface area contributed by atoms with Crippen LogP contribution < -0.4 is 0 Å². The first-order valence-corrected chi connectivity index (χ1v) is 6.37. The number of rotatable bonds is 4. The Hall–Kier alpha value is -1.13. The lowest BCUT2D eigenvalue weighted by Crippen LogP contribution is -2.42. The minimum Gasteiger partial charge on any atom is -0.309 e. The first-order chi connectivity index (χ1) is 8.10. The van der Waals surface area contributed by atoms with Crippen molar-refractivity contribution in [2.45, 2.75) is 57.8 Å². The molecule has 1 unspecified atom stereocenters. The molecule has 3 atom stereocenters. The average Bonchev–Trinajstić information content (AvgIpc) is 2.78. The summed E-state index contributed by atoms with van der Waals surface area (Å²) in [7, 11) is 0. The van der Waals surface area contributed by atoms with E-state index in [0.29, 0.717) is 0 Å². The number of nitrogens with zero attached hydrogens (tertiary/aromatic N) is 2. The molecular formula is C12H19FN2O2. The molecule has 0 N–H and O–H groups in total. The molecule has 17 heavy (non-hydrogen) atoms. The number of carbonyl (C=O) groups excluding carboxylic acids is 2. The second-order valence-electron chi connectivity index (χ2n) is 4.84. The number of alkyl halides is 1. The molecule has 3 amide bonds. The number of amides is 3. The van der Waals surface area contributed by atoms with E-state index in [9.17, 15) is 14.0 Å². The smallest absolute Gasteiger partial charge is 0.309 e. The van der Waals surface area contributed by atoms with E-state index in [-0.39, 0.29) is 30.9 Å². The lowest BCUT2D eigenvalue weighted by molar-refractivity contribution is -0.129. The Balaban J connectivity index is 2.16. The van der Waals surface area contributed by atoms with Gasteiger partial charge in [-0.1, -0.05) is 20.3 Å². The maximum atomic E-state index is 13.2. The summed E-state index contributed by atoms with van der Waals surface area (Å²) in [6.45, 7) is 4.09. The molecule has 2 fully saturated rings. The lowest BCUT2D eigenvalue weighted by Gasteiger charge is -2.25. The van der Waals surface area contributed by atoms with Gasteiger partial charge in [0.15, 0.2) is 0 Å². The number of urea groups is 1. The van der Waals surface area contributed by atoms with Gasteiger partial charge in [0.05, 0.1) is 6.54 Å². The van der Waals surface area contributed by atoms with E-state index >= 15 is 0 Å². The average molecular weight is 242 g/mol. The molecule has 2 heterocycles. The van der Waals surface area contributed by atoms with E-state index in [1.54, 1.807) is 0 Å². The lowest BCUT2D eigenvalue weighted by atomic mass is 10.1. The fourth-order valence-electron chi connectivity index (χ4n) is 2.81. The van der Waals surface area contributed by atoms with Crippen LogP contribution in [0.3, 0.4) is 0 Å². The van der Waals surface area contributed by atoms with Gasteiger partial charge in [0.2, 0.25) is 0 Å². The Labute approximate surface area is 101 Å². The largest absolute Gasteiger partial charge is 0.327 e. The quantitative estimate of drug-likeness (QED) is 0.707. The van der Waals surface area contributed by atoms with Gasteiger partial charge in [-0.15, -0.1) is 0 Å². The number of carbonyl (C=O) groups is 2. The summed E-state index contributed by atoms with van der Waals surface area (Å²) in [6.07, 6.45) is 1.66. The summed E-state index contributed by atoms with van der Waals surface area (Å²) in [5.74, 6) is -0.199. The van der Waals surface area contributed by atoms with Crippen LogP contribution in [0.2, 0.25) is 0 Å². The van der Waals surface area contributed by atoms with Crippen molar-refractivity contribution in [3.63, 3.8) is 0 Å². The molecule has 0 radical (unpaired) electrons. The van der Waals surface area contributed by atoms with Gasteiger partial charge in [-0.05, 0) is 12.8 Å². The first kappa shape index (κ1) is 12.3. The third-order valence-corrected chi connectivity index (χ3v) is 3.68. The molecule has 2 aliphatic heterocycles. The minimum atomic E-state index is -1.04. The van der Waals surface area contributed by atoms with E-state index in [4.69, 9.17) is 0 Å². The summed E-state index contributed by atoms with van der Waals surface area (Å²) in [6, 6.07) is -0.854. The van der Waals surface area contributed by atoms with Gasteiger partial charge in [0.25, 0.3) is 5.91 Å². The zero-order valence-corrected chi connectivity index (χ0v) is 10.4. The topological polar surface area (TPSA) is 40.6 Å². The van der Waals surface area contributed by atoms with E-state index in [1.165, 1.54) is 9.80 Å². The zero-order valence-electron chi connectivity index (χ0n) is 10.4. The molecule has 0 bridgehead atoms. The van der Waals surface area contributed by atoms with Crippen LogP contribution in [0.4, 0.5) is 9.18 Å².